The molecule has 1 heterocycles. The van der Waals surface area contributed by atoms with E-state index >= 15 is 0 Å². The lowest BCUT2D eigenvalue weighted by Gasteiger charge is -2.25. The second kappa shape index (κ2) is 6.52. The Kier molecular flexibility index (Phi) is 5.62. The fraction of sp³-hybridized carbons (Fsp3) is 0.750. The standard InChI is InChI=1S/C12H22BrN3O/c1-4-6-14-9-12(3,17)11-10(13)8-15-16(11)7-5-2/h8,14,17H,4-7,9H2,1-3H3. The summed E-state index contributed by atoms with van der Waals surface area (Å²) in [6, 6.07) is 0. The number of nitrogens with one attached hydrogen (secondary N) is 1. The smallest absolute Gasteiger partial charge is 0.117 e. The highest BCUT2D eigenvalue weighted by molar-refractivity contribution is 9.10. The molecule has 0 aromatic carbocycles. The molecule has 1 unspecified atom stereocenters. The molecular formula is C12H22BrN3O. The molecule has 0 saturated heterocycles. The van der Waals surface area contributed by atoms with Gasteiger partial charge in [0.25, 0.3) is 0 Å². The van der Waals surface area contributed by atoms with Crippen molar-refractivity contribution in [3.8, 4) is 0 Å². The van der Waals surface area contributed by atoms with Gasteiger partial charge in [-0.05, 0) is 42.2 Å². The van der Waals surface area contributed by atoms with Crippen LogP contribution in [0.2, 0.25) is 0 Å². The molecule has 0 bridgehead atoms. The Morgan fingerprint density at radius 1 is 1.47 bits per heavy atom. The monoisotopic (exact) mass is 303 g/mol. The van der Waals surface area contributed by atoms with Crippen molar-refractivity contribution in [1.82, 2.24) is 15.1 Å². The zero-order chi connectivity index (χ0) is 12.9. The van der Waals surface area contributed by atoms with Gasteiger partial charge in [0.1, 0.15) is 5.60 Å². The van der Waals surface area contributed by atoms with Crippen LogP contribution in [0.5, 0.6) is 0 Å². The highest BCUT2D eigenvalue weighted by Gasteiger charge is 2.29. The number of aryl methyl sites for hydroxylation is 1. The van der Waals surface area contributed by atoms with Crippen molar-refractivity contribution >= 4 is 15.9 Å². The van der Waals surface area contributed by atoms with E-state index in [2.05, 4.69) is 40.2 Å². The van der Waals surface area contributed by atoms with Crippen molar-refractivity contribution in [3.63, 3.8) is 0 Å². The fourth-order valence-corrected chi connectivity index (χ4v) is 2.59. The summed E-state index contributed by atoms with van der Waals surface area (Å²) in [6.45, 7) is 8.31. The van der Waals surface area contributed by atoms with E-state index in [0.29, 0.717) is 6.54 Å². The molecule has 0 aliphatic carbocycles. The minimum absolute atomic E-state index is 0.537. The molecule has 1 aromatic rings. The highest BCUT2D eigenvalue weighted by Crippen LogP contribution is 2.28. The molecule has 1 rings (SSSR count). The molecule has 0 radical (unpaired) electrons. The van der Waals surface area contributed by atoms with Crippen molar-refractivity contribution < 1.29 is 5.11 Å². The first-order chi connectivity index (χ1) is 8.03. The second-order valence-electron chi connectivity index (χ2n) is 4.51. The molecule has 0 aliphatic heterocycles. The molecule has 4 nitrogen and oxygen atoms in total. The summed E-state index contributed by atoms with van der Waals surface area (Å²) in [5.41, 5.74) is -0.0531. The van der Waals surface area contributed by atoms with E-state index in [1.807, 2.05) is 11.6 Å². The quantitative estimate of drug-likeness (QED) is 0.760. The Morgan fingerprint density at radius 3 is 2.76 bits per heavy atom. The molecule has 17 heavy (non-hydrogen) atoms. The lowest BCUT2D eigenvalue weighted by Crippen LogP contribution is -2.38. The average molecular weight is 304 g/mol. The molecule has 5 heteroatoms. The lowest BCUT2D eigenvalue weighted by molar-refractivity contribution is 0.0468. The van der Waals surface area contributed by atoms with Crippen LogP contribution in [0.4, 0.5) is 0 Å². The first kappa shape index (κ1) is 14.7. The zero-order valence-corrected chi connectivity index (χ0v) is 12.4. The van der Waals surface area contributed by atoms with Crippen molar-refractivity contribution in [1.29, 1.82) is 0 Å². The number of nitrogens with zero attached hydrogens (tertiary/aromatic N) is 2. The molecule has 0 amide bonds. The first-order valence-electron chi connectivity index (χ1n) is 6.17. The van der Waals surface area contributed by atoms with Gasteiger partial charge in [-0.25, -0.2) is 0 Å². The zero-order valence-electron chi connectivity index (χ0n) is 10.8. The van der Waals surface area contributed by atoms with Crippen LogP contribution in [0.1, 0.15) is 39.3 Å². The van der Waals surface area contributed by atoms with Crippen LogP contribution in [-0.4, -0.2) is 28.0 Å². The van der Waals surface area contributed by atoms with E-state index < -0.39 is 5.60 Å². The maximum atomic E-state index is 10.5. The SMILES string of the molecule is CCCNCC(C)(O)c1c(Br)cnn1CCC. The summed E-state index contributed by atoms with van der Waals surface area (Å²) < 4.78 is 2.74. The largest absolute Gasteiger partial charge is 0.382 e. The van der Waals surface area contributed by atoms with Crippen molar-refractivity contribution in [3.05, 3.63) is 16.4 Å². The number of hydrogen-bond acceptors (Lipinski definition) is 3. The summed E-state index contributed by atoms with van der Waals surface area (Å²) in [5, 5.41) is 18.1. The van der Waals surface area contributed by atoms with Crippen LogP contribution in [0.25, 0.3) is 0 Å². The minimum atomic E-state index is -0.903. The molecular weight excluding hydrogens is 282 g/mol. The second-order valence-corrected chi connectivity index (χ2v) is 5.37. The Hall–Kier alpha value is -0.390. The predicted octanol–water partition coefficient (Wildman–Crippen LogP) is 2.26. The van der Waals surface area contributed by atoms with Gasteiger partial charge in [-0.3, -0.25) is 4.68 Å². The Labute approximate surface area is 112 Å². The van der Waals surface area contributed by atoms with Gasteiger partial charge in [0.05, 0.1) is 16.4 Å². The normalized spacial score (nSPS) is 14.9. The van der Waals surface area contributed by atoms with Gasteiger partial charge >= 0.3 is 0 Å². The van der Waals surface area contributed by atoms with Gasteiger partial charge < -0.3 is 10.4 Å². The molecule has 1 aromatic heterocycles. The van der Waals surface area contributed by atoms with E-state index in [1.54, 1.807) is 6.20 Å². The van der Waals surface area contributed by atoms with Crippen LogP contribution in [0.3, 0.4) is 0 Å². The van der Waals surface area contributed by atoms with Gasteiger partial charge in [-0.1, -0.05) is 13.8 Å². The third-order valence-electron chi connectivity index (χ3n) is 2.64. The molecule has 0 aliphatic rings. The number of rotatable bonds is 7. The van der Waals surface area contributed by atoms with Crippen molar-refractivity contribution in [2.75, 3.05) is 13.1 Å². The predicted molar refractivity (Wildman–Crippen MR) is 72.9 cm³/mol. The summed E-state index contributed by atoms with van der Waals surface area (Å²) in [7, 11) is 0. The Morgan fingerprint density at radius 2 is 2.18 bits per heavy atom. The fourth-order valence-electron chi connectivity index (χ4n) is 1.87. The van der Waals surface area contributed by atoms with Crippen LogP contribution in [0.15, 0.2) is 10.7 Å². The Bertz CT molecular complexity index is 350. The summed E-state index contributed by atoms with van der Waals surface area (Å²) >= 11 is 3.46. The van der Waals surface area contributed by atoms with E-state index in [0.717, 1.165) is 36.1 Å². The number of halogens is 1. The van der Waals surface area contributed by atoms with Crippen LogP contribution in [-0.2, 0) is 12.1 Å². The third kappa shape index (κ3) is 3.79. The van der Waals surface area contributed by atoms with Crippen LogP contribution < -0.4 is 5.32 Å². The summed E-state index contributed by atoms with van der Waals surface area (Å²) in [4.78, 5) is 0. The first-order valence-corrected chi connectivity index (χ1v) is 6.97. The van der Waals surface area contributed by atoms with Gasteiger partial charge in [0.2, 0.25) is 0 Å². The van der Waals surface area contributed by atoms with Crippen LogP contribution in [0, 0.1) is 0 Å². The topological polar surface area (TPSA) is 50.1 Å². The number of aliphatic hydroxyl groups is 1. The number of aromatic nitrogens is 2. The van der Waals surface area contributed by atoms with Crippen LogP contribution >= 0.6 is 15.9 Å². The highest BCUT2D eigenvalue weighted by atomic mass is 79.9. The molecule has 0 spiro atoms. The Balaban J connectivity index is 2.84. The molecule has 0 saturated carbocycles. The van der Waals surface area contributed by atoms with E-state index in [9.17, 15) is 5.11 Å². The van der Waals surface area contributed by atoms with E-state index in [1.165, 1.54) is 0 Å². The molecule has 0 fully saturated rings. The van der Waals surface area contributed by atoms with Gasteiger partial charge in [0.15, 0.2) is 0 Å². The van der Waals surface area contributed by atoms with E-state index in [4.69, 9.17) is 0 Å². The van der Waals surface area contributed by atoms with Gasteiger partial charge in [0, 0.05) is 13.1 Å². The lowest BCUT2D eigenvalue weighted by atomic mass is 10.0. The van der Waals surface area contributed by atoms with Gasteiger partial charge in [-0.2, -0.15) is 5.10 Å². The molecule has 1 atom stereocenters. The summed E-state index contributed by atoms with van der Waals surface area (Å²) in [6.07, 6.45) is 3.81. The third-order valence-corrected chi connectivity index (χ3v) is 3.22. The van der Waals surface area contributed by atoms with Gasteiger partial charge in [-0.15, -0.1) is 0 Å². The van der Waals surface area contributed by atoms with Crippen molar-refractivity contribution in [2.24, 2.45) is 0 Å². The minimum Gasteiger partial charge on any atom is -0.382 e. The summed E-state index contributed by atoms with van der Waals surface area (Å²) in [5.74, 6) is 0. The maximum absolute atomic E-state index is 10.5. The van der Waals surface area contributed by atoms with Crippen molar-refractivity contribution in [2.45, 2.75) is 45.8 Å². The van der Waals surface area contributed by atoms with E-state index in [-0.39, 0.29) is 0 Å². The maximum Gasteiger partial charge on any atom is 0.117 e. The molecule has 98 valence electrons. The number of hydrogen-bond donors (Lipinski definition) is 2. The average Bonchev–Trinajstić information content (AvgIpc) is 2.61. The molecule has 2 N–H and O–H groups in total.